The molecule has 0 spiro atoms. The van der Waals surface area contributed by atoms with E-state index in [9.17, 15) is 10.3 Å². The zero-order chi connectivity index (χ0) is 16.9. The van der Waals surface area contributed by atoms with Gasteiger partial charge in [-0.25, -0.2) is 4.90 Å². The Balaban J connectivity index is 1.96. The van der Waals surface area contributed by atoms with Crippen molar-refractivity contribution in [3.05, 3.63) is 5.21 Å². The fourth-order valence-electron chi connectivity index (χ4n) is 2.69. The number of quaternary nitrogens is 1. The Bertz CT molecular complexity index is 489. The highest BCUT2D eigenvalue weighted by Crippen LogP contribution is 2.37. The van der Waals surface area contributed by atoms with Gasteiger partial charge in [-0.1, -0.05) is 36.4 Å². The average Bonchev–Trinajstić information content (AvgIpc) is 3.08. The molecule has 2 heterocycles. The minimum atomic E-state index is -1.15. The van der Waals surface area contributed by atoms with Crippen LogP contribution < -0.4 is 9.38 Å². The van der Waals surface area contributed by atoms with Crippen molar-refractivity contribution in [1.82, 2.24) is 19.7 Å². The molecule has 1 N–H and O–H groups in total. The number of methoxy groups -OCH3 is 1. The van der Waals surface area contributed by atoms with Crippen molar-refractivity contribution in [2.75, 3.05) is 34.0 Å². The number of rotatable bonds is 9. The first kappa shape index (κ1) is 18.5. The summed E-state index contributed by atoms with van der Waals surface area (Å²) in [6, 6.07) is -0.361. The Hall–Kier alpha value is -0.840. The summed E-state index contributed by atoms with van der Waals surface area (Å²) in [6.07, 6.45) is 3.29. The number of likely N-dealkylation sites (N-methyl/N-ethyl adjacent to an activating group) is 1. The molecule has 0 saturated carbocycles. The zero-order valence-corrected chi connectivity index (χ0v) is 14.8. The highest BCUT2D eigenvalue weighted by Gasteiger charge is 2.49. The van der Waals surface area contributed by atoms with Crippen LogP contribution in [0.2, 0.25) is 0 Å². The predicted molar refractivity (Wildman–Crippen MR) is 89.0 cm³/mol. The topological polar surface area (TPSA) is 90.8 Å². The van der Waals surface area contributed by atoms with Gasteiger partial charge in [0.05, 0.1) is 13.2 Å². The second kappa shape index (κ2) is 8.32. The molecule has 0 aromatic carbocycles. The quantitative estimate of drug-likeness (QED) is 0.412. The summed E-state index contributed by atoms with van der Waals surface area (Å²) >= 11 is 1.11. The first-order valence-electron chi connectivity index (χ1n) is 7.95. The van der Waals surface area contributed by atoms with E-state index in [1.165, 1.54) is 12.8 Å². The minimum Gasteiger partial charge on any atom is -0.623 e. The van der Waals surface area contributed by atoms with E-state index in [2.05, 4.69) is 17.1 Å². The third-order valence-electron chi connectivity index (χ3n) is 4.05. The lowest BCUT2D eigenvalue weighted by Gasteiger charge is -2.37. The number of aliphatic hydroxyl groups excluding tert-OH is 1. The number of nitrogens with zero attached hydrogens (tertiary/aromatic N) is 4. The van der Waals surface area contributed by atoms with Crippen molar-refractivity contribution in [3.63, 3.8) is 0 Å². The van der Waals surface area contributed by atoms with Crippen LogP contribution in [0.25, 0.3) is 0 Å². The van der Waals surface area contributed by atoms with Crippen LogP contribution in [0.1, 0.15) is 32.6 Å². The largest absolute Gasteiger partial charge is 0.623 e. The molecule has 0 radical (unpaired) electrons. The standard InChI is InChI=1S/C14H26N4O4S/c1-4-5-6-7-8-22-14-16-15-13(23-14)18(20)10-17(2)11(9-21-3)12(18)19/h11-12,19H,4-10H2,1-3H3. The lowest BCUT2D eigenvalue weighted by Crippen LogP contribution is -2.51. The van der Waals surface area contributed by atoms with E-state index in [0.717, 1.165) is 24.2 Å². The fourth-order valence-corrected chi connectivity index (χ4v) is 3.47. The summed E-state index contributed by atoms with van der Waals surface area (Å²) in [7, 11) is 3.34. The van der Waals surface area contributed by atoms with Crippen molar-refractivity contribution < 1.29 is 14.6 Å². The molecule has 1 aromatic heterocycles. The van der Waals surface area contributed by atoms with E-state index in [4.69, 9.17) is 9.47 Å². The molecule has 1 fully saturated rings. The molecule has 1 aliphatic heterocycles. The van der Waals surface area contributed by atoms with Gasteiger partial charge in [-0.3, -0.25) is 4.65 Å². The van der Waals surface area contributed by atoms with Gasteiger partial charge >= 0.3 is 5.13 Å². The van der Waals surface area contributed by atoms with Crippen LogP contribution in [0, 0.1) is 5.21 Å². The maximum Gasteiger partial charge on any atom is 0.313 e. The van der Waals surface area contributed by atoms with Crippen LogP contribution in [-0.2, 0) is 4.74 Å². The molecule has 23 heavy (non-hydrogen) atoms. The minimum absolute atomic E-state index is 0.111. The van der Waals surface area contributed by atoms with Gasteiger partial charge < -0.3 is 19.8 Å². The van der Waals surface area contributed by atoms with Gasteiger partial charge in [-0.05, 0) is 13.5 Å². The number of hydrogen-bond acceptors (Lipinski definition) is 8. The molecule has 132 valence electrons. The molecule has 1 aromatic rings. The molecule has 8 nitrogen and oxygen atoms in total. The third-order valence-corrected chi connectivity index (χ3v) is 5.00. The van der Waals surface area contributed by atoms with Crippen molar-refractivity contribution in [3.8, 4) is 5.19 Å². The van der Waals surface area contributed by atoms with E-state index < -0.39 is 10.9 Å². The lowest BCUT2D eigenvalue weighted by atomic mass is 10.2. The molecular weight excluding hydrogens is 320 g/mol. The molecule has 0 aliphatic carbocycles. The highest BCUT2D eigenvalue weighted by molar-refractivity contribution is 7.16. The summed E-state index contributed by atoms with van der Waals surface area (Å²) in [4.78, 5) is 1.79. The van der Waals surface area contributed by atoms with E-state index in [0.29, 0.717) is 18.4 Å². The third kappa shape index (κ3) is 4.17. The number of unbranched alkanes of at least 4 members (excludes halogenated alkanes) is 3. The highest BCUT2D eigenvalue weighted by atomic mass is 32.1. The smallest absolute Gasteiger partial charge is 0.313 e. The Kier molecular flexibility index (Phi) is 6.69. The Labute approximate surface area is 140 Å². The van der Waals surface area contributed by atoms with Gasteiger partial charge in [0, 0.05) is 18.4 Å². The number of hydroxylamine groups is 2. The van der Waals surface area contributed by atoms with Crippen LogP contribution in [0.3, 0.4) is 0 Å². The summed E-state index contributed by atoms with van der Waals surface area (Å²) in [5, 5.41) is 31.8. The molecule has 0 bridgehead atoms. The van der Waals surface area contributed by atoms with Crippen molar-refractivity contribution in [2.45, 2.75) is 44.9 Å². The van der Waals surface area contributed by atoms with Crippen LogP contribution in [-0.4, -0.2) is 66.5 Å². The van der Waals surface area contributed by atoms with Gasteiger partial charge in [-0.2, -0.15) is 0 Å². The summed E-state index contributed by atoms with van der Waals surface area (Å²) in [6.45, 7) is 3.13. The van der Waals surface area contributed by atoms with Crippen molar-refractivity contribution >= 4 is 16.5 Å². The molecule has 2 rings (SSSR count). The van der Waals surface area contributed by atoms with Crippen LogP contribution in [0.4, 0.5) is 5.13 Å². The van der Waals surface area contributed by atoms with Crippen molar-refractivity contribution in [2.24, 2.45) is 0 Å². The van der Waals surface area contributed by atoms with E-state index >= 15 is 0 Å². The summed E-state index contributed by atoms with van der Waals surface area (Å²) in [5.74, 6) is 0. The predicted octanol–water partition coefficient (Wildman–Crippen LogP) is 1.54. The SMILES string of the molecule is CCCCCCOc1nnc([N+]2([O-])CN(C)C(COC)C2O)s1. The fraction of sp³-hybridized carbons (Fsp3) is 0.857. The van der Waals surface area contributed by atoms with E-state index in [1.807, 2.05) is 0 Å². The van der Waals surface area contributed by atoms with Crippen molar-refractivity contribution in [1.29, 1.82) is 0 Å². The number of aliphatic hydroxyl groups is 1. The second-order valence-corrected chi connectivity index (χ2v) is 6.81. The number of ether oxygens (including phenoxy) is 2. The second-order valence-electron chi connectivity index (χ2n) is 5.89. The van der Waals surface area contributed by atoms with Crippen LogP contribution in [0.5, 0.6) is 5.19 Å². The first-order chi connectivity index (χ1) is 11.0. The number of hydrogen-bond donors (Lipinski definition) is 1. The van der Waals surface area contributed by atoms with Crippen LogP contribution in [0.15, 0.2) is 0 Å². The molecular formula is C14H26N4O4S. The maximum atomic E-state index is 13.0. The average molecular weight is 346 g/mol. The number of aromatic nitrogens is 2. The van der Waals surface area contributed by atoms with Gasteiger partial charge in [-0.15, -0.1) is 0 Å². The molecule has 0 amide bonds. The lowest BCUT2D eigenvalue weighted by molar-refractivity contribution is 0.0228. The molecule has 1 saturated heterocycles. The summed E-state index contributed by atoms with van der Waals surface area (Å²) < 4.78 is 9.70. The van der Waals surface area contributed by atoms with Gasteiger partial charge in [0.1, 0.15) is 12.7 Å². The van der Waals surface area contributed by atoms with Crippen LogP contribution >= 0.6 is 11.3 Å². The first-order valence-corrected chi connectivity index (χ1v) is 8.77. The Morgan fingerprint density at radius 2 is 2.17 bits per heavy atom. The van der Waals surface area contributed by atoms with E-state index in [1.54, 1.807) is 19.1 Å². The molecule has 3 atom stereocenters. The molecule has 1 aliphatic rings. The summed E-state index contributed by atoms with van der Waals surface area (Å²) in [5.41, 5.74) is 0. The zero-order valence-electron chi connectivity index (χ0n) is 14.0. The Morgan fingerprint density at radius 3 is 2.87 bits per heavy atom. The Morgan fingerprint density at radius 1 is 1.39 bits per heavy atom. The van der Waals surface area contributed by atoms with Gasteiger partial charge in [0.15, 0.2) is 0 Å². The van der Waals surface area contributed by atoms with Gasteiger partial charge in [0.2, 0.25) is 6.23 Å². The maximum absolute atomic E-state index is 13.0. The van der Waals surface area contributed by atoms with E-state index in [-0.39, 0.29) is 17.8 Å². The van der Waals surface area contributed by atoms with Gasteiger partial charge in [0.25, 0.3) is 5.19 Å². The molecule has 3 unspecified atom stereocenters. The molecule has 9 heteroatoms. The normalized spacial score (nSPS) is 28.4. The monoisotopic (exact) mass is 346 g/mol.